The molecule has 0 bridgehead atoms. The van der Waals surface area contributed by atoms with Crippen molar-refractivity contribution in [2.75, 3.05) is 5.43 Å². The molecule has 1 aromatic rings. The van der Waals surface area contributed by atoms with Crippen LogP contribution in [0.15, 0.2) is 6.07 Å². The van der Waals surface area contributed by atoms with E-state index in [4.69, 9.17) is 0 Å². The van der Waals surface area contributed by atoms with Crippen LogP contribution in [-0.4, -0.2) is 19.8 Å². The number of hydrogen-bond donors (Lipinski definition) is 1. The molecule has 13 heteroatoms. The minimum Gasteiger partial charge on any atom is -0.258 e. The molecule has 1 rings (SSSR count). The molecule has 0 aliphatic carbocycles. The number of nitro benzene ring substituents is 3. The average Bonchev–Trinajstić information content (AvgIpc) is 2.28. The largest absolute Gasteiger partial charge is 0.382 e. The van der Waals surface area contributed by atoms with Gasteiger partial charge in [-0.25, -0.2) is 10.1 Å². The van der Waals surface area contributed by atoms with Crippen LogP contribution in [0.4, 0.5) is 22.7 Å². The third kappa shape index (κ3) is 2.55. The van der Waals surface area contributed by atoms with Crippen molar-refractivity contribution in [2.24, 2.45) is 0 Å². The lowest BCUT2D eigenvalue weighted by atomic mass is 10.1. The van der Waals surface area contributed by atoms with Crippen molar-refractivity contribution in [1.82, 2.24) is 0 Å². The smallest absolute Gasteiger partial charge is 0.258 e. The SMILES string of the molecule is Cc1cc([N+](=O)[O-])c(N[N+](=O)[O-])c([N+](=O)[O-])c1[N+](=O)[O-]. The predicted molar refractivity (Wildman–Crippen MR) is 61.8 cm³/mol. The van der Waals surface area contributed by atoms with Crippen molar-refractivity contribution < 1.29 is 19.8 Å². The molecule has 13 nitrogen and oxygen atoms in total. The Labute approximate surface area is 108 Å². The normalized spacial score (nSPS) is 9.85. The fraction of sp³-hybridized carbons (Fsp3) is 0.143. The molecular formula is C7H5N5O8. The van der Waals surface area contributed by atoms with E-state index in [0.29, 0.717) is 6.07 Å². The van der Waals surface area contributed by atoms with Gasteiger partial charge in [0.05, 0.1) is 14.8 Å². The van der Waals surface area contributed by atoms with Gasteiger partial charge in [-0.05, 0) is 6.92 Å². The second-order valence-electron chi connectivity index (χ2n) is 3.43. The van der Waals surface area contributed by atoms with Crippen LogP contribution in [0.2, 0.25) is 0 Å². The van der Waals surface area contributed by atoms with E-state index in [1.807, 2.05) is 0 Å². The van der Waals surface area contributed by atoms with Crippen LogP contribution in [0.25, 0.3) is 0 Å². The van der Waals surface area contributed by atoms with Crippen molar-refractivity contribution in [3.05, 3.63) is 52.1 Å². The third-order valence-electron chi connectivity index (χ3n) is 2.21. The van der Waals surface area contributed by atoms with Crippen LogP contribution >= 0.6 is 0 Å². The second-order valence-corrected chi connectivity index (χ2v) is 3.43. The van der Waals surface area contributed by atoms with Gasteiger partial charge in [-0.15, -0.1) is 0 Å². The highest BCUT2D eigenvalue weighted by atomic mass is 16.7. The second kappa shape index (κ2) is 5.09. The van der Waals surface area contributed by atoms with Gasteiger partial charge in [0.15, 0.2) is 5.03 Å². The maximum Gasteiger partial charge on any atom is 0.382 e. The molecular weight excluding hydrogens is 282 g/mol. The quantitative estimate of drug-likeness (QED) is 0.615. The number of anilines is 1. The van der Waals surface area contributed by atoms with Crippen LogP contribution in [0.1, 0.15) is 5.56 Å². The first-order valence-electron chi connectivity index (χ1n) is 4.68. The molecule has 1 aromatic carbocycles. The van der Waals surface area contributed by atoms with Crippen LogP contribution in [-0.2, 0) is 0 Å². The first-order valence-corrected chi connectivity index (χ1v) is 4.68. The molecule has 0 radical (unpaired) electrons. The summed E-state index contributed by atoms with van der Waals surface area (Å²) in [5.74, 6) is 0. The van der Waals surface area contributed by atoms with Crippen molar-refractivity contribution in [2.45, 2.75) is 6.92 Å². The Balaban J connectivity index is 3.85. The highest BCUT2D eigenvalue weighted by Gasteiger charge is 2.39. The van der Waals surface area contributed by atoms with E-state index < -0.39 is 42.6 Å². The summed E-state index contributed by atoms with van der Waals surface area (Å²) < 4.78 is 0. The molecule has 0 unspecified atom stereocenters. The number of nitrogens with one attached hydrogen (secondary N) is 1. The number of nitrogens with zero attached hydrogens (tertiary/aromatic N) is 4. The lowest BCUT2D eigenvalue weighted by Gasteiger charge is -2.04. The number of nitro groups is 4. The number of hydrogen-bond acceptors (Lipinski definition) is 8. The van der Waals surface area contributed by atoms with E-state index in [0.717, 1.165) is 6.92 Å². The molecule has 0 aliphatic rings. The topological polar surface area (TPSA) is 185 Å². The monoisotopic (exact) mass is 287 g/mol. The molecule has 0 saturated heterocycles. The number of rotatable bonds is 5. The fourth-order valence-electron chi connectivity index (χ4n) is 1.53. The number of aryl methyl sites for hydroxylation is 1. The molecule has 1 N–H and O–H groups in total. The highest BCUT2D eigenvalue weighted by Crippen LogP contribution is 2.43. The molecule has 0 atom stereocenters. The van der Waals surface area contributed by atoms with E-state index in [9.17, 15) is 40.5 Å². The van der Waals surface area contributed by atoms with Crippen LogP contribution < -0.4 is 5.43 Å². The predicted octanol–water partition coefficient (Wildman–Crippen LogP) is 1.32. The first-order chi connectivity index (χ1) is 9.16. The van der Waals surface area contributed by atoms with Gasteiger partial charge in [-0.2, -0.15) is 0 Å². The summed E-state index contributed by atoms with van der Waals surface area (Å²) in [5.41, 5.74) is -3.64. The van der Waals surface area contributed by atoms with Gasteiger partial charge in [-0.1, -0.05) is 5.43 Å². The van der Waals surface area contributed by atoms with Gasteiger partial charge < -0.3 is 0 Å². The fourth-order valence-corrected chi connectivity index (χ4v) is 1.53. The Hall–Kier alpha value is -3.38. The Morgan fingerprint density at radius 2 is 1.40 bits per heavy atom. The zero-order chi connectivity index (χ0) is 15.6. The standard InChI is InChI=1S/C7H5N5O8/c1-3-2-4(9(13)14)5(8-12(19)20)7(11(17)18)6(3)10(15)16/h2,8H,1H3. The molecule has 20 heavy (non-hydrogen) atoms. The molecule has 106 valence electrons. The Morgan fingerprint density at radius 1 is 0.900 bits per heavy atom. The molecule has 0 fully saturated rings. The van der Waals surface area contributed by atoms with Gasteiger partial charge in [0.25, 0.3) is 5.69 Å². The number of hydrazine groups is 1. The van der Waals surface area contributed by atoms with E-state index >= 15 is 0 Å². The van der Waals surface area contributed by atoms with Crippen molar-refractivity contribution in [1.29, 1.82) is 0 Å². The summed E-state index contributed by atoms with van der Waals surface area (Å²) in [6.45, 7) is 1.05. The molecule has 0 heterocycles. The Bertz CT molecular complexity index is 641. The summed E-state index contributed by atoms with van der Waals surface area (Å²) in [7, 11) is 0. The van der Waals surface area contributed by atoms with Gasteiger partial charge in [0.1, 0.15) is 0 Å². The Kier molecular flexibility index (Phi) is 3.73. The van der Waals surface area contributed by atoms with Gasteiger partial charge in [0.2, 0.25) is 0 Å². The first kappa shape index (κ1) is 14.7. The maximum atomic E-state index is 10.9. The molecule has 0 spiro atoms. The lowest BCUT2D eigenvalue weighted by Crippen LogP contribution is -2.13. The van der Waals surface area contributed by atoms with E-state index in [1.54, 1.807) is 0 Å². The minimum absolute atomic E-state index is 0.359. The summed E-state index contributed by atoms with van der Waals surface area (Å²) >= 11 is 0. The number of benzene rings is 1. The van der Waals surface area contributed by atoms with Crippen LogP contribution in [0, 0.1) is 47.4 Å². The van der Waals surface area contributed by atoms with E-state index in [-0.39, 0.29) is 5.56 Å². The third-order valence-corrected chi connectivity index (χ3v) is 2.21. The summed E-state index contributed by atoms with van der Waals surface area (Å²) in [4.78, 5) is 39.3. The molecule has 0 aliphatic heterocycles. The highest BCUT2D eigenvalue weighted by molar-refractivity contribution is 5.81. The van der Waals surface area contributed by atoms with Crippen LogP contribution in [0.3, 0.4) is 0 Å². The van der Waals surface area contributed by atoms with Crippen molar-refractivity contribution >= 4 is 22.7 Å². The Morgan fingerprint density at radius 3 is 1.75 bits per heavy atom. The summed E-state index contributed by atoms with van der Waals surface area (Å²) in [6.07, 6.45) is 0. The average molecular weight is 287 g/mol. The summed E-state index contributed by atoms with van der Waals surface area (Å²) in [5, 5.41) is 41.5. The van der Waals surface area contributed by atoms with Gasteiger partial charge >= 0.3 is 17.1 Å². The lowest BCUT2D eigenvalue weighted by molar-refractivity contribution is -0.451. The summed E-state index contributed by atoms with van der Waals surface area (Å²) in [6, 6.07) is 0.650. The van der Waals surface area contributed by atoms with Crippen LogP contribution in [0.5, 0.6) is 0 Å². The molecule has 0 saturated carbocycles. The van der Waals surface area contributed by atoms with E-state index in [1.165, 1.54) is 5.43 Å². The van der Waals surface area contributed by atoms with E-state index in [2.05, 4.69) is 0 Å². The van der Waals surface area contributed by atoms with Crippen molar-refractivity contribution in [3.8, 4) is 0 Å². The van der Waals surface area contributed by atoms with Gasteiger partial charge in [-0.3, -0.25) is 30.3 Å². The zero-order valence-electron chi connectivity index (χ0n) is 9.63. The van der Waals surface area contributed by atoms with Crippen molar-refractivity contribution in [3.63, 3.8) is 0 Å². The minimum atomic E-state index is -1.33. The zero-order valence-corrected chi connectivity index (χ0v) is 9.63. The van der Waals surface area contributed by atoms with Gasteiger partial charge in [0, 0.05) is 11.6 Å². The molecule has 0 amide bonds. The molecule has 0 aromatic heterocycles. The maximum absolute atomic E-state index is 10.9.